The maximum Gasteiger partial charge on any atom is 0.472 e. The summed E-state index contributed by atoms with van der Waals surface area (Å²) >= 11 is 0. The molecule has 0 aromatic heterocycles. The van der Waals surface area contributed by atoms with Crippen molar-refractivity contribution in [3.05, 3.63) is 0 Å². The van der Waals surface area contributed by atoms with Crippen molar-refractivity contribution >= 4 is 39.5 Å². The van der Waals surface area contributed by atoms with E-state index in [2.05, 4.69) is 34.6 Å². The maximum absolute atomic E-state index is 13.1. The Morgan fingerprint density at radius 2 is 0.471 bits per heavy atom. The van der Waals surface area contributed by atoms with E-state index in [0.717, 1.165) is 95.8 Å². The van der Waals surface area contributed by atoms with Gasteiger partial charge < -0.3 is 33.8 Å². The fraction of sp³-hybridized carbons (Fsp3) is 0.952. The zero-order valence-electron chi connectivity index (χ0n) is 66.8. The summed E-state index contributed by atoms with van der Waals surface area (Å²) < 4.78 is 68.8. The summed E-state index contributed by atoms with van der Waals surface area (Å²) in [6.45, 7) is 7.41. The number of phosphoric ester groups is 2. The molecule has 3 unspecified atom stereocenters. The molecule has 17 nitrogen and oxygen atoms in total. The van der Waals surface area contributed by atoms with E-state index in [1.165, 1.54) is 270 Å². The van der Waals surface area contributed by atoms with Crippen LogP contribution in [-0.4, -0.2) is 96.7 Å². The van der Waals surface area contributed by atoms with Crippen LogP contribution in [-0.2, 0) is 65.4 Å². The molecule has 0 amide bonds. The van der Waals surface area contributed by atoms with Crippen LogP contribution in [0.4, 0.5) is 0 Å². The third-order valence-corrected chi connectivity index (χ3v) is 21.8. The number of aliphatic hydroxyl groups excluding tert-OH is 1. The van der Waals surface area contributed by atoms with Gasteiger partial charge in [0, 0.05) is 25.7 Å². The lowest BCUT2D eigenvalue weighted by Crippen LogP contribution is -2.30. The van der Waals surface area contributed by atoms with Crippen LogP contribution < -0.4 is 0 Å². The molecular weight excluding hydrogens is 1330 g/mol. The van der Waals surface area contributed by atoms with Gasteiger partial charge in [0.05, 0.1) is 26.4 Å². The Kier molecular flexibility index (Phi) is 74.4. The van der Waals surface area contributed by atoms with Gasteiger partial charge in [0.1, 0.15) is 19.3 Å². The van der Waals surface area contributed by atoms with E-state index in [1.54, 1.807) is 0 Å². The van der Waals surface area contributed by atoms with Gasteiger partial charge in [-0.05, 0) is 31.6 Å². The second kappa shape index (κ2) is 75.9. The summed E-state index contributed by atoms with van der Waals surface area (Å²) in [7, 11) is -9.92. The van der Waals surface area contributed by atoms with Crippen LogP contribution in [0.3, 0.4) is 0 Å². The lowest BCUT2D eigenvalue weighted by molar-refractivity contribution is -0.161. The van der Waals surface area contributed by atoms with Crippen molar-refractivity contribution in [2.75, 3.05) is 39.6 Å². The summed E-state index contributed by atoms with van der Waals surface area (Å²) in [6.07, 6.45) is 67.8. The lowest BCUT2D eigenvalue weighted by Gasteiger charge is -2.21. The van der Waals surface area contributed by atoms with Crippen LogP contribution in [0.15, 0.2) is 0 Å². The molecule has 0 bridgehead atoms. The number of esters is 4. The first-order chi connectivity index (χ1) is 49.6. The minimum Gasteiger partial charge on any atom is -0.462 e. The fourth-order valence-electron chi connectivity index (χ4n) is 12.9. The Morgan fingerprint density at radius 1 is 0.275 bits per heavy atom. The molecule has 6 atom stereocenters. The second-order valence-corrected chi connectivity index (χ2v) is 33.0. The Bertz CT molecular complexity index is 1950. The van der Waals surface area contributed by atoms with Crippen molar-refractivity contribution in [2.45, 2.75) is 464 Å². The van der Waals surface area contributed by atoms with E-state index in [-0.39, 0.29) is 25.7 Å². The minimum absolute atomic E-state index is 0.109. The minimum atomic E-state index is -4.96. The Morgan fingerprint density at radius 3 is 0.696 bits per heavy atom. The third kappa shape index (κ3) is 74.9. The molecule has 0 aliphatic carbocycles. The summed E-state index contributed by atoms with van der Waals surface area (Å²) in [5.74, 6) is -1.26. The number of hydrogen-bond donors (Lipinski definition) is 3. The van der Waals surface area contributed by atoms with Crippen LogP contribution in [0.1, 0.15) is 446 Å². The van der Waals surface area contributed by atoms with Crippen molar-refractivity contribution in [3.8, 4) is 0 Å². The zero-order chi connectivity index (χ0) is 74.8. The van der Waals surface area contributed by atoms with Gasteiger partial charge in [0.15, 0.2) is 12.2 Å². The van der Waals surface area contributed by atoms with Gasteiger partial charge in [-0.2, -0.15) is 0 Å². The van der Waals surface area contributed by atoms with Gasteiger partial charge in [-0.25, -0.2) is 9.13 Å². The second-order valence-electron chi connectivity index (χ2n) is 30.1. The van der Waals surface area contributed by atoms with Crippen molar-refractivity contribution in [3.63, 3.8) is 0 Å². The molecule has 0 radical (unpaired) electrons. The van der Waals surface area contributed by atoms with Crippen molar-refractivity contribution in [2.24, 2.45) is 5.92 Å². The van der Waals surface area contributed by atoms with E-state index in [4.69, 9.17) is 37.0 Å². The summed E-state index contributed by atoms with van der Waals surface area (Å²) in [4.78, 5) is 73.1. The Balaban J connectivity index is 5.25. The SMILES string of the molecule is CCCCCCCCCCCCCCCCCCCC(=O)OC[C@H](COP(=O)(O)OC[C@@H](O)COP(=O)(O)OC[C@@H](COC(=O)CCCCCCCCCCCCC)OC(=O)CCCCCCCCCCCCCCCCCC)OC(=O)CCCCCCCCCCCCCCCCC(C)CC. The molecule has 0 spiro atoms. The maximum atomic E-state index is 13.1. The van der Waals surface area contributed by atoms with Gasteiger partial charge in [-0.3, -0.25) is 37.3 Å². The molecule has 0 fully saturated rings. The monoisotopic (exact) mass is 1490 g/mol. The summed E-state index contributed by atoms with van der Waals surface area (Å²) in [5.41, 5.74) is 0. The normalized spacial score (nSPS) is 14.1. The van der Waals surface area contributed by atoms with Crippen LogP contribution in [0.25, 0.3) is 0 Å². The largest absolute Gasteiger partial charge is 0.472 e. The number of carbonyl (C=O) groups is 4. The topological polar surface area (TPSA) is 237 Å². The number of carbonyl (C=O) groups excluding carboxylic acids is 4. The highest BCUT2D eigenvalue weighted by Crippen LogP contribution is 2.45. The Labute approximate surface area is 626 Å². The van der Waals surface area contributed by atoms with E-state index in [9.17, 15) is 43.2 Å². The molecule has 3 N–H and O–H groups in total. The highest BCUT2D eigenvalue weighted by molar-refractivity contribution is 7.47. The fourth-order valence-corrected chi connectivity index (χ4v) is 14.5. The molecule has 0 aromatic rings. The number of hydrogen-bond acceptors (Lipinski definition) is 15. The molecule has 0 aliphatic heterocycles. The van der Waals surface area contributed by atoms with Gasteiger partial charge >= 0.3 is 39.5 Å². The molecule has 0 saturated carbocycles. The van der Waals surface area contributed by atoms with Crippen LogP contribution in [0.2, 0.25) is 0 Å². The predicted octanol–water partition coefficient (Wildman–Crippen LogP) is 25.2. The van der Waals surface area contributed by atoms with Crippen LogP contribution in [0.5, 0.6) is 0 Å². The van der Waals surface area contributed by atoms with Gasteiger partial charge in [-0.15, -0.1) is 0 Å². The van der Waals surface area contributed by atoms with E-state index < -0.39 is 97.5 Å². The number of ether oxygens (including phenoxy) is 4. The molecule has 0 aliphatic rings. The quantitative estimate of drug-likeness (QED) is 0.0222. The summed E-state index contributed by atoms with van der Waals surface area (Å²) in [6, 6.07) is 0. The number of unbranched alkanes of at least 4 members (excludes halogenated alkanes) is 54. The summed E-state index contributed by atoms with van der Waals surface area (Å²) in [5, 5.41) is 10.7. The number of phosphoric acid groups is 2. The molecule has 102 heavy (non-hydrogen) atoms. The average molecular weight is 1490 g/mol. The average Bonchev–Trinajstić information content (AvgIpc) is 0.961. The third-order valence-electron chi connectivity index (χ3n) is 19.9. The lowest BCUT2D eigenvalue weighted by atomic mass is 9.99. The number of rotatable bonds is 83. The van der Waals surface area contributed by atoms with E-state index in [1.807, 2.05) is 0 Å². The first-order valence-electron chi connectivity index (χ1n) is 43.2. The smallest absolute Gasteiger partial charge is 0.462 e. The van der Waals surface area contributed by atoms with Gasteiger partial charge in [0.25, 0.3) is 0 Å². The Hall–Kier alpha value is -1.94. The van der Waals surface area contributed by atoms with Crippen molar-refractivity contribution < 1.29 is 80.2 Å². The predicted molar refractivity (Wildman–Crippen MR) is 418 cm³/mol. The van der Waals surface area contributed by atoms with E-state index >= 15 is 0 Å². The molecule has 606 valence electrons. The van der Waals surface area contributed by atoms with E-state index in [0.29, 0.717) is 25.7 Å². The van der Waals surface area contributed by atoms with Crippen LogP contribution >= 0.6 is 15.6 Å². The van der Waals surface area contributed by atoms with Crippen LogP contribution in [0, 0.1) is 5.92 Å². The van der Waals surface area contributed by atoms with Crippen molar-refractivity contribution in [1.29, 1.82) is 0 Å². The first-order valence-corrected chi connectivity index (χ1v) is 46.2. The van der Waals surface area contributed by atoms with Gasteiger partial charge in [-0.1, -0.05) is 394 Å². The first kappa shape index (κ1) is 100. The molecule has 0 saturated heterocycles. The van der Waals surface area contributed by atoms with Gasteiger partial charge in [0.2, 0.25) is 0 Å². The molecular formula is C83H162O17P2. The number of aliphatic hydroxyl groups is 1. The highest BCUT2D eigenvalue weighted by Gasteiger charge is 2.30. The highest BCUT2D eigenvalue weighted by atomic mass is 31.2. The van der Waals surface area contributed by atoms with Crippen molar-refractivity contribution in [1.82, 2.24) is 0 Å². The molecule has 0 aromatic carbocycles. The molecule has 0 rings (SSSR count). The standard InChI is InChI=1S/C83H162O17P2/c1-6-10-13-16-19-22-25-27-29-31-33-37-42-47-52-57-62-67-81(86)94-73-79(100-83(88)69-64-59-54-49-44-39-35-34-36-41-45-50-55-60-65-76(5)9-4)75-98-102(91,92)96-71-77(84)70-95-101(89,90)97-74-78(72-93-80(85)66-61-56-51-46-40-24-21-18-15-12-8-3)99-82(87)68-63-58-53-48-43-38-32-30-28-26-23-20-17-14-11-7-2/h76-79,84H,6-75H2,1-5H3,(H,89,90)(H,91,92)/t76?,77-,78+,79+/m0/s1. The molecule has 0 heterocycles. The molecule has 19 heteroatoms. The zero-order valence-corrected chi connectivity index (χ0v) is 68.5.